The van der Waals surface area contributed by atoms with Crippen LogP contribution in [0.25, 0.3) is 0 Å². The van der Waals surface area contributed by atoms with Gasteiger partial charge >= 0.3 is 28.5 Å². The van der Waals surface area contributed by atoms with Gasteiger partial charge in [0.05, 0.1) is 0 Å². The smallest absolute Gasteiger partial charge is 0.433 e. The van der Waals surface area contributed by atoms with Gasteiger partial charge in [-0.1, -0.05) is 19.1 Å². The number of nitrogens with zero attached hydrogens (tertiary/aromatic N) is 2. The van der Waals surface area contributed by atoms with Gasteiger partial charge in [-0.25, -0.2) is 23.7 Å². The Kier molecular flexibility index (Phi) is 10.3. The van der Waals surface area contributed by atoms with Crippen LogP contribution in [0, 0.1) is 11.7 Å². The molecule has 0 saturated carbocycles. The zero-order chi connectivity index (χ0) is 31.3. The minimum absolute atomic E-state index is 0.0410. The third kappa shape index (κ3) is 10.0. The first kappa shape index (κ1) is 32.8. The predicted octanol–water partition coefficient (Wildman–Crippen LogP) is 4.66. The van der Waals surface area contributed by atoms with Crippen LogP contribution < -0.4 is 25.0 Å². The molecule has 4 N–H and O–H groups in total. The third-order valence-corrected chi connectivity index (χ3v) is 7.11. The minimum Gasteiger partial charge on any atom is -0.443 e. The van der Waals surface area contributed by atoms with E-state index in [1.165, 1.54) is 18.2 Å². The maximum absolute atomic E-state index is 14.6. The molecule has 42 heavy (non-hydrogen) atoms. The summed E-state index contributed by atoms with van der Waals surface area (Å²) in [5.41, 5.74) is -1.60. The summed E-state index contributed by atoms with van der Waals surface area (Å²) in [7, 11) is -4.35. The maximum Gasteiger partial charge on any atom is 0.433 e. The molecule has 1 aromatic heterocycles. The molecule has 2 aromatic rings. The van der Waals surface area contributed by atoms with Crippen LogP contribution >= 0.6 is 0 Å². The van der Waals surface area contributed by atoms with E-state index in [0.29, 0.717) is 24.6 Å². The number of urea groups is 1. The maximum atomic E-state index is 14.6. The van der Waals surface area contributed by atoms with E-state index in [0.717, 1.165) is 25.0 Å². The lowest BCUT2D eigenvalue weighted by atomic mass is 9.99. The molecule has 1 aliphatic heterocycles. The van der Waals surface area contributed by atoms with Gasteiger partial charge in [0.25, 0.3) is 0 Å². The Balaban J connectivity index is 1.60. The molecular weight excluding hydrogens is 584 g/mol. The molecule has 11 nitrogen and oxygen atoms in total. The van der Waals surface area contributed by atoms with Crippen molar-refractivity contribution in [1.29, 1.82) is 0 Å². The number of benzene rings is 1. The number of hydrogen-bond donors (Lipinski definition) is 4. The summed E-state index contributed by atoms with van der Waals surface area (Å²) in [5.74, 6) is -0.252. The number of anilines is 2. The number of hydrogen-bond acceptors (Lipinski definition) is 7. The fourth-order valence-corrected chi connectivity index (χ4v) is 4.68. The first-order valence-electron chi connectivity index (χ1n) is 13.1. The summed E-state index contributed by atoms with van der Waals surface area (Å²) < 4.78 is 87.2. The lowest BCUT2D eigenvalue weighted by Crippen LogP contribution is -2.42. The van der Waals surface area contributed by atoms with Crippen LogP contribution in [0.15, 0.2) is 30.3 Å². The SMILES string of the molecule is CC1CCN(c2nc(C(F)(F)F)ccc2CNC(=O)Nc2ccc(CNS(=O)(=O)NC(=O)OC(C)(C)C)c(F)c2)CC1. The summed E-state index contributed by atoms with van der Waals surface area (Å²) in [6.45, 7) is 7.16. The highest BCUT2D eigenvalue weighted by molar-refractivity contribution is 7.88. The van der Waals surface area contributed by atoms with Crippen LogP contribution in [-0.2, 0) is 34.2 Å². The molecule has 1 aliphatic rings. The lowest BCUT2D eigenvalue weighted by Gasteiger charge is -2.33. The van der Waals surface area contributed by atoms with Gasteiger partial charge in [0.15, 0.2) is 0 Å². The van der Waals surface area contributed by atoms with Gasteiger partial charge in [-0.2, -0.15) is 26.3 Å². The monoisotopic (exact) mass is 618 g/mol. The first-order chi connectivity index (χ1) is 19.4. The Morgan fingerprint density at radius 3 is 2.29 bits per heavy atom. The van der Waals surface area contributed by atoms with Crippen molar-refractivity contribution in [2.45, 2.75) is 65.4 Å². The predicted molar refractivity (Wildman–Crippen MR) is 147 cm³/mol. The standard InChI is InChI=1S/C26H34F4N6O5S/c1-16-9-11-36(12-10-16)22-18(6-8-21(34-22)26(28,29)30)14-31-23(37)33-19-7-5-17(20(27)13-19)15-32-42(39,40)35-24(38)41-25(2,3)4/h5-8,13,16,32H,9-12,14-15H2,1-4H3,(H,35,38)(H2,31,33,37). The fourth-order valence-electron chi connectivity index (χ4n) is 4.00. The molecule has 0 unspecified atom stereocenters. The average Bonchev–Trinajstić information content (AvgIpc) is 2.85. The van der Waals surface area contributed by atoms with Crippen molar-refractivity contribution in [2.24, 2.45) is 5.92 Å². The van der Waals surface area contributed by atoms with E-state index in [-0.39, 0.29) is 23.6 Å². The van der Waals surface area contributed by atoms with Crippen LogP contribution in [0.3, 0.4) is 0 Å². The topological polar surface area (TPSA) is 142 Å². The van der Waals surface area contributed by atoms with Crippen molar-refractivity contribution in [3.8, 4) is 0 Å². The Morgan fingerprint density at radius 2 is 1.69 bits per heavy atom. The number of amides is 3. The average molecular weight is 619 g/mol. The number of rotatable bonds is 8. The fraction of sp³-hybridized carbons (Fsp3) is 0.500. The van der Waals surface area contributed by atoms with E-state index in [1.807, 2.05) is 4.72 Å². The van der Waals surface area contributed by atoms with Crippen molar-refractivity contribution < 1.29 is 40.3 Å². The molecule has 1 fully saturated rings. The second-order valence-corrected chi connectivity index (χ2v) is 12.4. The van der Waals surface area contributed by atoms with Crippen molar-refractivity contribution in [1.82, 2.24) is 19.7 Å². The van der Waals surface area contributed by atoms with Crippen molar-refractivity contribution in [3.05, 3.63) is 53.0 Å². The van der Waals surface area contributed by atoms with Crippen molar-refractivity contribution in [2.75, 3.05) is 23.3 Å². The van der Waals surface area contributed by atoms with E-state index in [1.54, 1.807) is 30.4 Å². The molecule has 0 aliphatic carbocycles. The number of carbonyl (C=O) groups excluding carboxylic acids is 2. The number of halogens is 4. The van der Waals surface area contributed by atoms with Gasteiger partial charge in [0.1, 0.15) is 22.9 Å². The number of piperidine rings is 1. The minimum atomic E-state index is -4.62. The normalized spacial score (nSPS) is 14.8. The molecule has 0 atom stereocenters. The summed E-state index contributed by atoms with van der Waals surface area (Å²) in [5, 5.41) is 4.97. The Labute approximate surface area is 241 Å². The van der Waals surface area contributed by atoms with E-state index >= 15 is 0 Å². The molecule has 1 aromatic carbocycles. The number of aromatic nitrogens is 1. The largest absolute Gasteiger partial charge is 0.443 e. The molecule has 3 rings (SSSR count). The number of pyridine rings is 1. The number of nitrogens with one attached hydrogen (secondary N) is 4. The van der Waals surface area contributed by atoms with E-state index in [4.69, 9.17) is 4.74 Å². The highest BCUT2D eigenvalue weighted by atomic mass is 32.2. The second-order valence-electron chi connectivity index (χ2n) is 10.9. The molecule has 0 spiro atoms. The quantitative estimate of drug-likeness (QED) is 0.316. The Bertz CT molecular complexity index is 1390. The lowest BCUT2D eigenvalue weighted by molar-refractivity contribution is -0.141. The van der Waals surface area contributed by atoms with Crippen LogP contribution in [0.5, 0.6) is 0 Å². The molecule has 0 radical (unpaired) electrons. The zero-order valence-corrected chi connectivity index (χ0v) is 24.4. The van der Waals surface area contributed by atoms with E-state index in [2.05, 4.69) is 22.5 Å². The van der Waals surface area contributed by atoms with Crippen molar-refractivity contribution >= 4 is 33.8 Å². The Hall–Kier alpha value is -3.66. The highest BCUT2D eigenvalue weighted by Gasteiger charge is 2.34. The van der Waals surface area contributed by atoms with Crippen LogP contribution in [0.4, 0.5) is 38.7 Å². The number of alkyl halides is 3. The molecule has 0 bridgehead atoms. The van der Waals surface area contributed by atoms with Gasteiger partial charge < -0.3 is 20.3 Å². The van der Waals surface area contributed by atoms with Crippen LogP contribution in [0.2, 0.25) is 0 Å². The summed E-state index contributed by atoms with van der Waals surface area (Å²) in [4.78, 5) is 29.8. The van der Waals surface area contributed by atoms with E-state index < -0.39 is 52.2 Å². The molecule has 232 valence electrons. The highest BCUT2D eigenvalue weighted by Crippen LogP contribution is 2.32. The number of ether oxygens (including phenoxy) is 1. The van der Waals surface area contributed by atoms with Gasteiger partial charge in [0, 0.05) is 43.0 Å². The molecule has 3 amide bonds. The molecule has 1 saturated heterocycles. The summed E-state index contributed by atoms with van der Waals surface area (Å²) in [6, 6.07) is 4.91. The third-order valence-electron chi connectivity index (χ3n) is 6.15. The van der Waals surface area contributed by atoms with Gasteiger partial charge in [-0.05, 0) is 57.7 Å². The second kappa shape index (κ2) is 13.1. The molecule has 16 heteroatoms. The van der Waals surface area contributed by atoms with Gasteiger partial charge in [-0.3, -0.25) is 0 Å². The van der Waals surface area contributed by atoms with Crippen molar-refractivity contribution in [3.63, 3.8) is 0 Å². The Morgan fingerprint density at radius 1 is 1.05 bits per heavy atom. The van der Waals surface area contributed by atoms with Gasteiger partial charge in [0.2, 0.25) is 0 Å². The molecule has 2 heterocycles. The van der Waals surface area contributed by atoms with Crippen LogP contribution in [-0.4, -0.2) is 44.2 Å². The molecular formula is C26H34F4N6O5S. The first-order valence-corrected chi connectivity index (χ1v) is 14.6. The van der Waals surface area contributed by atoms with Gasteiger partial charge in [-0.15, -0.1) is 0 Å². The summed E-state index contributed by atoms with van der Waals surface area (Å²) >= 11 is 0. The number of carbonyl (C=O) groups is 2. The summed E-state index contributed by atoms with van der Waals surface area (Å²) in [6.07, 6.45) is -4.22. The van der Waals surface area contributed by atoms with Crippen LogP contribution in [0.1, 0.15) is 57.4 Å². The zero-order valence-electron chi connectivity index (χ0n) is 23.6. The van der Waals surface area contributed by atoms with E-state index in [9.17, 15) is 35.6 Å².